The van der Waals surface area contributed by atoms with Gasteiger partial charge in [0, 0.05) is 31.2 Å². The Balaban J connectivity index is 1.57. The molecule has 1 aromatic heterocycles. The predicted molar refractivity (Wildman–Crippen MR) is 93.6 cm³/mol. The summed E-state index contributed by atoms with van der Waals surface area (Å²) in [6, 6.07) is 7.28. The molecule has 0 saturated carbocycles. The first kappa shape index (κ1) is 17.5. The minimum atomic E-state index is -0.0824. The summed E-state index contributed by atoms with van der Waals surface area (Å²) in [7, 11) is 0. The van der Waals surface area contributed by atoms with Crippen LogP contribution in [0.2, 0.25) is 5.02 Å². The van der Waals surface area contributed by atoms with E-state index in [9.17, 15) is 9.59 Å². The molecule has 1 aliphatic rings. The van der Waals surface area contributed by atoms with E-state index >= 15 is 0 Å². The minimum Gasteiger partial charge on any atom is -0.361 e. The Morgan fingerprint density at radius 1 is 1.08 bits per heavy atom. The summed E-state index contributed by atoms with van der Waals surface area (Å²) >= 11 is 5.86. The zero-order valence-electron chi connectivity index (χ0n) is 14.3. The molecule has 0 radical (unpaired) electrons. The molecule has 1 fully saturated rings. The number of hydrogen-bond donors (Lipinski definition) is 0. The van der Waals surface area contributed by atoms with Crippen LogP contribution in [-0.4, -0.2) is 52.9 Å². The Bertz CT molecular complexity index is 758. The van der Waals surface area contributed by atoms with Gasteiger partial charge in [-0.15, -0.1) is 0 Å². The van der Waals surface area contributed by atoms with Crippen LogP contribution in [0, 0.1) is 13.8 Å². The van der Waals surface area contributed by atoms with Gasteiger partial charge in [0.05, 0.1) is 12.1 Å². The van der Waals surface area contributed by atoms with Crippen LogP contribution in [0.5, 0.6) is 0 Å². The van der Waals surface area contributed by atoms with Gasteiger partial charge in [0.25, 0.3) is 5.91 Å². The number of rotatable bonds is 3. The second-order valence-electron chi connectivity index (χ2n) is 6.18. The van der Waals surface area contributed by atoms with Crippen LogP contribution >= 0.6 is 11.6 Å². The molecule has 1 aromatic carbocycles. The fraction of sp³-hybridized carbons (Fsp3) is 0.389. The van der Waals surface area contributed by atoms with Gasteiger partial charge >= 0.3 is 0 Å². The van der Waals surface area contributed by atoms with Crippen molar-refractivity contribution in [2.24, 2.45) is 0 Å². The lowest BCUT2D eigenvalue weighted by molar-refractivity contribution is -0.131. The van der Waals surface area contributed by atoms with Gasteiger partial charge in [-0.25, -0.2) is 0 Å². The molecular formula is C18H20ClN3O3. The SMILES string of the molecule is Cc1noc(C)c1C(=O)N1CCN(C(=O)Cc2ccc(Cl)cc2)CC1. The minimum absolute atomic E-state index is 0.0618. The summed E-state index contributed by atoms with van der Waals surface area (Å²) in [6.45, 7) is 5.57. The van der Waals surface area contributed by atoms with Crippen LogP contribution in [0.25, 0.3) is 0 Å². The maximum atomic E-state index is 12.6. The lowest BCUT2D eigenvalue weighted by Gasteiger charge is -2.34. The molecule has 0 spiro atoms. The largest absolute Gasteiger partial charge is 0.361 e. The van der Waals surface area contributed by atoms with Crippen molar-refractivity contribution in [3.63, 3.8) is 0 Å². The quantitative estimate of drug-likeness (QED) is 0.842. The van der Waals surface area contributed by atoms with Crippen molar-refractivity contribution in [1.29, 1.82) is 0 Å². The lowest BCUT2D eigenvalue weighted by atomic mass is 10.1. The van der Waals surface area contributed by atoms with Crippen LogP contribution in [0.1, 0.15) is 27.4 Å². The molecule has 6 nitrogen and oxygen atoms in total. The van der Waals surface area contributed by atoms with Crippen LogP contribution in [0.3, 0.4) is 0 Å². The smallest absolute Gasteiger partial charge is 0.259 e. The maximum Gasteiger partial charge on any atom is 0.259 e. The highest BCUT2D eigenvalue weighted by atomic mass is 35.5. The van der Waals surface area contributed by atoms with Gasteiger partial charge in [0.1, 0.15) is 11.3 Å². The average Bonchev–Trinajstić information content (AvgIpc) is 2.95. The summed E-state index contributed by atoms with van der Waals surface area (Å²) in [5.74, 6) is 0.511. The van der Waals surface area contributed by atoms with Crippen molar-refractivity contribution in [2.75, 3.05) is 26.2 Å². The molecule has 0 atom stereocenters. The first-order valence-corrected chi connectivity index (χ1v) is 8.58. The normalized spacial score (nSPS) is 14.7. The highest BCUT2D eigenvalue weighted by Crippen LogP contribution is 2.17. The number of carbonyl (C=O) groups excluding carboxylic acids is 2. The Morgan fingerprint density at radius 2 is 1.68 bits per heavy atom. The van der Waals surface area contributed by atoms with E-state index in [2.05, 4.69) is 5.16 Å². The maximum absolute atomic E-state index is 12.6. The molecule has 2 heterocycles. The fourth-order valence-electron chi connectivity index (χ4n) is 2.99. The Hall–Kier alpha value is -2.34. The number of carbonyl (C=O) groups is 2. The molecule has 7 heteroatoms. The van der Waals surface area contributed by atoms with Crippen molar-refractivity contribution in [2.45, 2.75) is 20.3 Å². The van der Waals surface area contributed by atoms with E-state index in [1.54, 1.807) is 35.8 Å². The van der Waals surface area contributed by atoms with Gasteiger partial charge in [-0.2, -0.15) is 0 Å². The van der Waals surface area contributed by atoms with Gasteiger partial charge < -0.3 is 14.3 Å². The van der Waals surface area contributed by atoms with Crippen LogP contribution in [0.4, 0.5) is 0 Å². The van der Waals surface area contributed by atoms with Gasteiger partial charge in [-0.1, -0.05) is 28.9 Å². The molecule has 0 N–H and O–H groups in total. The predicted octanol–water partition coefficient (Wildman–Crippen LogP) is 2.47. The monoisotopic (exact) mass is 361 g/mol. The second kappa shape index (κ2) is 7.27. The first-order chi connectivity index (χ1) is 12.0. The van der Waals surface area contributed by atoms with Crippen molar-refractivity contribution in [3.05, 3.63) is 51.9 Å². The summed E-state index contributed by atoms with van der Waals surface area (Å²) in [4.78, 5) is 28.6. The van der Waals surface area contributed by atoms with E-state index < -0.39 is 0 Å². The molecule has 0 bridgehead atoms. The van der Waals surface area contributed by atoms with E-state index in [0.29, 0.717) is 54.6 Å². The lowest BCUT2D eigenvalue weighted by Crippen LogP contribution is -2.51. The molecule has 2 amide bonds. The van der Waals surface area contributed by atoms with E-state index in [4.69, 9.17) is 16.1 Å². The first-order valence-electron chi connectivity index (χ1n) is 8.20. The number of aromatic nitrogens is 1. The van der Waals surface area contributed by atoms with Crippen molar-refractivity contribution >= 4 is 23.4 Å². The zero-order chi connectivity index (χ0) is 18.0. The van der Waals surface area contributed by atoms with Gasteiger partial charge in [-0.05, 0) is 31.5 Å². The molecule has 1 aliphatic heterocycles. The summed E-state index contributed by atoms with van der Waals surface area (Å²) in [5.41, 5.74) is 2.06. The van der Waals surface area contributed by atoms with E-state index in [-0.39, 0.29) is 11.8 Å². The molecule has 3 rings (SSSR count). The second-order valence-corrected chi connectivity index (χ2v) is 6.61. The standard InChI is InChI=1S/C18H20ClN3O3/c1-12-17(13(2)25-20-12)18(24)22-9-7-21(8-10-22)16(23)11-14-3-5-15(19)6-4-14/h3-6H,7-11H2,1-2H3. The number of nitrogens with zero attached hydrogens (tertiary/aromatic N) is 3. The summed E-state index contributed by atoms with van der Waals surface area (Å²) in [5, 5.41) is 4.49. The molecule has 0 unspecified atom stereocenters. The van der Waals surface area contributed by atoms with Crippen LogP contribution < -0.4 is 0 Å². The number of hydrogen-bond acceptors (Lipinski definition) is 4. The fourth-order valence-corrected chi connectivity index (χ4v) is 3.12. The molecule has 0 aliphatic carbocycles. The molecular weight excluding hydrogens is 342 g/mol. The highest BCUT2D eigenvalue weighted by Gasteiger charge is 2.28. The Labute approximate surface area is 151 Å². The van der Waals surface area contributed by atoms with Crippen LogP contribution in [-0.2, 0) is 11.2 Å². The molecule has 2 aromatic rings. The van der Waals surface area contributed by atoms with Gasteiger partial charge in [0.2, 0.25) is 5.91 Å². The van der Waals surface area contributed by atoms with E-state index in [0.717, 1.165) is 5.56 Å². The topological polar surface area (TPSA) is 66.7 Å². The Kier molecular flexibility index (Phi) is 5.08. The Morgan fingerprint density at radius 3 is 2.24 bits per heavy atom. The third-order valence-electron chi connectivity index (χ3n) is 4.44. The van der Waals surface area contributed by atoms with Crippen molar-refractivity contribution in [3.8, 4) is 0 Å². The third-order valence-corrected chi connectivity index (χ3v) is 4.69. The van der Waals surface area contributed by atoms with Crippen LogP contribution in [0.15, 0.2) is 28.8 Å². The summed E-state index contributed by atoms with van der Waals surface area (Å²) < 4.78 is 5.07. The zero-order valence-corrected chi connectivity index (χ0v) is 15.0. The number of halogens is 1. The van der Waals surface area contributed by atoms with Gasteiger partial charge in [0.15, 0.2) is 0 Å². The number of benzene rings is 1. The van der Waals surface area contributed by atoms with Gasteiger partial charge in [-0.3, -0.25) is 9.59 Å². The van der Waals surface area contributed by atoms with E-state index in [1.807, 2.05) is 12.1 Å². The molecule has 25 heavy (non-hydrogen) atoms. The average molecular weight is 362 g/mol. The summed E-state index contributed by atoms with van der Waals surface area (Å²) in [6.07, 6.45) is 0.342. The number of amides is 2. The molecule has 132 valence electrons. The third kappa shape index (κ3) is 3.85. The number of aryl methyl sites for hydroxylation is 2. The van der Waals surface area contributed by atoms with Crippen molar-refractivity contribution in [1.82, 2.24) is 15.0 Å². The molecule has 1 saturated heterocycles. The highest BCUT2D eigenvalue weighted by molar-refractivity contribution is 6.30. The van der Waals surface area contributed by atoms with E-state index in [1.165, 1.54) is 0 Å². The van der Waals surface area contributed by atoms with Crippen molar-refractivity contribution < 1.29 is 14.1 Å². The number of piperazine rings is 1.